The van der Waals surface area contributed by atoms with Gasteiger partial charge in [0.25, 0.3) is 0 Å². The Kier molecular flexibility index (Phi) is 3.08. The molecule has 0 radical (unpaired) electrons. The van der Waals surface area contributed by atoms with Crippen LogP contribution in [0.1, 0.15) is 5.56 Å². The van der Waals surface area contributed by atoms with Crippen LogP contribution in [0.15, 0.2) is 24.3 Å². The van der Waals surface area contributed by atoms with Crippen LogP contribution >= 0.6 is 0 Å². The number of hydrogen-bond donors (Lipinski definition) is 3. The van der Waals surface area contributed by atoms with Gasteiger partial charge in [0.15, 0.2) is 0 Å². The van der Waals surface area contributed by atoms with Crippen molar-refractivity contribution in [1.82, 2.24) is 0 Å². The van der Waals surface area contributed by atoms with Gasteiger partial charge in [0.05, 0.1) is 6.61 Å². The maximum atomic E-state index is 8.98. The normalized spacial score (nSPS) is 12.8. The number of aliphatic hydroxyl groups is 1. The molecule has 3 nitrogen and oxygen atoms in total. The van der Waals surface area contributed by atoms with E-state index in [2.05, 4.69) is 5.73 Å². The van der Waals surface area contributed by atoms with E-state index in [0.717, 1.165) is 12.0 Å². The van der Waals surface area contributed by atoms with Crippen molar-refractivity contribution in [3.05, 3.63) is 29.8 Å². The summed E-state index contributed by atoms with van der Waals surface area (Å²) in [5, 5.41) is 17.7. The number of rotatable bonds is 3. The first-order valence-electron chi connectivity index (χ1n) is 3.94. The molecule has 0 aromatic heterocycles. The van der Waals surface area contributed by atoms with Crippen LogP contribution in [-0.4, -0.2) is 22.9 Å². The number of aliphatic hydroxyl groups excluding tert-OH is 1. The van der Waals surface area contributed by atoms with Crippen LogP contribution in [-0.2, 0) is 6.42 Å². The highest BCUT2D eigenvalue weighted by Crippen LogP contribution is 2.10. The van der Waals surface area contributed by atoms with Crippen molar-refractivity contribution in [2.45, 2.75) is 12.5 Å². The Labute approximate surface area is 71.5 Å². The van der Waals surface area contributed by atoms with Crippen molar-refractivity contribution < 1.29 is 15.9 Å². The largest absolute Gasteiger partial charge is 0.508 e. The Bertz CT molecular complexity index is 233. The Hall–Kier alpha value is -1.06. The van der Waals surface area contributed by atoms with Gasteiger partial charge in [-0.2, -0.15) is 0 Å². The molecule has 0 bridgehead atoms. The molecule has 0 amide bonds. The lowest BCUT2D eigenvalue weighted by atomic mass is 10.1. The Morgan fingerprint density at radius 3 is 2.33 bits per heavy atom. The number of phenols is 1. The fourth-order valence-corrected chi connectivity index (χ4v) is 1.03. The van der Waals surface area contributed by atoms with Crippen LogP contribution in [0.3, 0.4) is 0 Å². The van der Waals surface area contributed by atoms with Crippen LogP contribution in [0.4, 0.5) is 0 Å². The van der Waals surface area contributed by atoms with Gasteiger partial charge in [0, 0.05) is 6.42 Å². The Balaban J connectivity index is 2.58. The van der Waals surface area contributed by atoms with Crippen LogP contribution < -0.4 is 5.73 Å². The summed E-state index contributed by atoms with van der Waals surface area (Å²) < 4.78 is 0. The lowest BCUT2D eigenvalue weighted by molar-refractivity contribution is -0.424. The minimum absolute atomic E-state index is 0.0366. The second kappa shape index (κ2) is 4.09. The average Bonchev–Trinajstić information content (AvgIpc) is 2.09. The van der Waals surface area contributed by atoms with E-state index >= 15 is 0 Å². The van der Waals surface area contributed by atoms with Gasteiger partial charge >= 0.3 is 0 Å². The number of hydrogen-bond acceptors (Lipinski definition) is 2. The maximum Gasteiger partial charge on any atom is 0.115 e. The molecule has 1 atom stereocenters. The first-order valence-corrected chi connectivity index (χ1v) is 3.94. The van der Waals surface area contributed by atoms with Gasteiger partial charge in [-0.3, -0.25) is 0 Å². The summed E-state index contributed by atoms with van der Waals surface area (Å²) in [5.41, 5.74) is 4.85. The van der Waals surface area contributed by atoms with Gasteiger partial charge in [-0.25, -0.2) is 0 Å². The summed E-state index contributed by atoms with van der Waals surface area (Å²) in [6, 6.07) is 6.99. The third-order valence-corrected chi connectivity index (χ3v) is 1.72. The summed E-state index contributed by atoms with van der Waals surface area (Å²) in [5.74, 6) is 0.267. The van der Waals surface area contributed by atoms with Gasteiger partial charge in [0.1, 0.15) is 11.8 Å². The molecule has 1 aromatic carbocycles. The van der Waals surface area contributed by atoms with E-state index in [-0.39, 0.29) is 18.4 Å². The maximum absolute atomic E-state index is 8.98. The quantitative estimate of drug-likeness (QED) is 0.571. The molecule has 0 unspecified atom stereocenters. The zero-order valence-corrected chi connectivity index (χ0v) is 6.90. The van der Waals surface area contributed by atoms with Gasteiger partial charge < -0.3 is 15.9 Å². The average molecular weight is 168 g/mol. The molecule has 0 spiro atoms. The summed E-state index contributed by atoms with van der Waals surface area (Å²) in [6.45, 7) is 0.0981. The van der Waals surface area contributed by atoms with Crippen molar-refractivity contribution in [2.24, 2.45) is 0 Å². The third kappa shape index (κ3) is 2.53. The van der Waals surface area contributed by atoms with Crippen LogP contribution in [0.2, 0.25) is 0 Å². The topological polar surface area (TPSA) is 68.1 Å². The second-order valence-corrected chi connectivity index (χ2v) is 2.92. The van der Waals surface area contributed by atoms with Crippen molar-refractivity contribution in [2.75, 3.05) is 6.61 Å². The van der Waals surface area contributed by atoms with Crippen molar-refractivity contribution in [1.29, 1.82) is 0 Å². The van der Waals surface area contributed by atoms with Crippen molar-refractivity contribution in [3.63, 3.8) is 0 Å². The highest BCUT2D eigenvalue weighted by Gasteiger charge is 2.04. The minimum atomic E-state index is 0.0366. The van der Waals surface area contributed by atoms with Crippen LogP contribution in [0, 0.1) is 0 Å². The smallest absolute Gasteiger partial charge is 0.115 e. The molecule has 0 saturated carbocycles. The molecule has 0 saturated heterocycles. The first kappa shape index (κ1) is 9.03. The molecule has 66 valence electrons. The van der Waals surface area contributed by atoms with E-state index in [4.69, 9.17) is 10.2 Å². The van der Waals surface area contributed by atoms with Crippen LogP contribution in [0.25, 0.3) is 0 Å². The number of quaternary nitrogens is 1. The van der Waals surface area contributed by atoms with Crippen molar-refractivity contribution in [3.8, 4) is 5.75 Å². The fraction of sp³-hybridized carbons (Fsp3) is 0.333. The molecule has 1 rings (SSSR count). The van der Waals surface area contributed by atoms with Gasteiger partial charge in [-0.15, -0.1) is 0 Å². The van der Waals surface area contributed by atoms with E-state index in [1.54, 1.807) is 12.1 Å². The number of benzene rings is 1. The Morgan fingerprint density at radius 1 is 1.25 bits per heavy atom. The monoisotopic (exact) mass is 168 g/mol. The van der Waals surface area contributed by atoms with Gasteiger partial charge in [-0.1, -0.05) is 12.1 Å². The molecular formula is C9H14NO2+. The lowest BCUT2D eigenvalue weighted by Crippen LogP contribution is -2.63. The molecule has 0 aliphatic carbocycles. The molecule has 0 fully saturated rings. The molecule has 1 aromatic rings. The van der Waals surface area contributed by atoms with Gasteiger partial charge in [0.2, 0.25) is 0 Å². The number of phenolic OH excluding ortho intramolecular Hbond substituents is 1. The SMILES string of the molecule is [NH3+][C@@H](CO)Cc1ccc(O)cc1. The van der Waals surface area contributed by atoms with Crippen molar-refractivity contribution >= 4 is 0 Å². The molecule has 5 N–H and O–H groups in total. The zero-order valence-electron chi connectivity index (χ0n) is 6.90. The summed E-state index contributed by atoms with van der Waals surface area (Å²) in [6.07, 6.45) is 0.747. The second-order valence-electron chi connectivity index (χ2n) is 2.92. The molecule has 0 aliphatic rings. The summed E-state index contributed by atoms with van der Waals surface area (Å²) in [4.78, 5) is 0. The standard InChI is InChI=1S/C9H13NO2/c10-8(6-11)5-7-1-3-9(12)4-2-7/h1-4,8,11-12H,5-6,10H2/p+1/t8-/m1/s1. The van der Waals surface area contributed by atoms with E-state index in [0.29, 0.717) is 0 Å². The minimum Gasteiger partial charge on any atom is -0.508 e. The van der Waals surface area contributed by atoms with E-state index < -0.39 is 0 Å². The molecule has 0 aliphatic heterocycles. The number of aromatic hydroxyl groups is 1. The fourth-order valence-electron chi connectivity index (χ4n) is 1.03. The summed E-state index contributed by atoms with van der Waals surface area (Å²) >= 11 is 0. The molecular weight excluding hydrogens is 154 g/mol. The molecule has 12 heavy (non-hydrogen) atoms. The zero-order chi connectivity index (χ0) is 8.97. The molecule has 0 heterocycles. The van der Waals surface area contributed by atoms with Crippen LogP contribution in [0.5, 0.6) is 5.75 Å². The Morgan fingerprint density at radius 2 is 1.83 bits per heavy atom. The summed E-state index contributed by atoms with van der Waals surface area (Å²) in [7, 11) is 0. The third-order valence-electron chi connectivity index (χ3n) is 1.72. The predicted molar refractivity (Wildman–Crippen MR) is 45.6 cm³/mol. The van der Waals surface area contributed by atoms with E-state index in [1.165, 1.54) is 0 Å². The highest BCUT2D eigenvalue weighted by molar-refractivity contribution is 5.26. The highest BCUT2D eigenvalue weighted by atomic mass is 16.3. The van der Waals surface area contributed by atoms with Gasteiger partial charge in [-0.05, 0) is 17.7 Å². The predicted octanol–water partition coefficient (Wildman–Crippen LogP) is -0.463. The lowest BCUT2D eigenvalue weighted by Gasteiger charge is -2.04. The molecule has 3 heteroatoms. The first-order chi connectivity index (χ1) is 5.72. The van der Waals surface area contributed by atoms with E-state index in [1.807, 2.05) is 12.1 Å². The van der Waals surface area contributed by atoms with E-state index in [9.17, 15) is 0 Å².